The van der Waals surface area contributed by atoms with E-state index < -0.39 is 0 Å². The fourth-order valence-corrected chi connectivity index (χ4v) is 0.285. The van der Waals surface area contributed by atoms with Gasteiger partial charge in [-0.15, -0.1) is 0 Å². The van der Waals surface area contributed by atoms with Gasteiger partial charge in [-0.1, -0.05) is 0 Å². The van der Waals surface area contributed by atoms with Crippen LogP contribution < -0.4 is 0 Å². The van der Waals surface area contributed by atoms with E-state index in [0.717, 1.165) is 6.54 Å². The Kier molecular flexibility index (Phi) is 3.67. The minimum Gasteiger partial charge on any atom is -0.307 e. The van der Waals surface area contributed by atoms with E-state index >= 15 is 0 Å². The second-order valence-electron chi connectivity index (χ2n) is 1.74. The van der Waals surface area contributed by atoms with Gasteiger partial charge >= 0.3 is 0 Å². The van der Waals surface area contributed by atoms with Gasteiger partial charge in [-0.3, -0.25) is 9.79 Å². The van der Waals surface area contributed by atoms with Gasteiger partial charge in [-0.2, -0.15) is 0 Å². The molecule has 0 spiro atoms. The van der Waals surface area contributed by atoms with E-state index in [-0.39, 0.29) is 5.91 Å². The molecule has 0 aromatic heterocycles. The van der Waals surface area contributed by atoms with Crippen LogP contribution in [0.1, 0.15) is 13.8 Å². The first-order valence-electron chi connectivity index (χ1n) is 2.91. The molecule has 0 unspecified atom stereocenters. The van der Waals surface area contributed by atoms with Crippen LogP contribution in [-0.2, 0) is 4.79 Å². The van der Waals surface area contributed by atoms with E-state index in [2.05, 4.69) is 4.99 Å². The standard InChI is InChI=1S/C6H12N2O/c1-4-7-5-8(3)6(2)9/h5H,4H2,1-3H3. The van der Waals surface area contributed by atoms with Crippen LogP contribution in [0.15, 0.2) is 4.99 Å². The minimum absolute atomic E-state index is 0.00667. The van der Waals surface area contributed by atoms with Gasteiger partial charge in [-0.05, 0) is 6.92 Å². The molecule has 3 nitrogen and oxygen atoms in total. The van der Waals surface area contributed by atoms with E-state index in [9.17, 15) is 4.79 Å². The van der Waals surface area contributed by atoms with E-state index in [1.165, 1.54) is 18.2 Å². The van der Waals surface area contributed by atoms with E-state index in [1.54, 1.807) is 7.05 Å². The molecule has 0 bridgehead atoms. The molecule has 0 saturated carbocycles. The largest absolute Gasteiger partial charge is 0.307 e. The van der Waals surface area contributed by atoms with E-state index in [0.29, 0.717) is 0 Å². The Morgan fingerprint density at radius 2 is 2.33 bits per heavy atom. The maximum atomic E-state index is 10.5. The summed E-state index contributed by atoms with van der Waals surface area (Å²) in [6, 6.07) is 0. The summed E-state index contributed by atoms with van der Waals surface area (Å²) in [5, 5.41) is 0. The highest BCUT2D eigenvalue weighted by molar-refractivity contribution is 5.85. The normalized spacial score (nSPS) is 10.1. The molecule has 0 fully saturated rings. The first kappa shape index (κ1) is 8.14. The van der Waals surface area contributed by atoms with Crippen molar-refractivity contribution in [2.75, 3.05) is 13.6 Å². The Morgan fingerprint density at radius 3 is 2.67 bits per heavy atom. The van der Waals surface area contributed by atoms with Crippen LogP contribution in [0, 0.1) is 0 Å². The average molecular weight is 128 g/mol. The molecule has 0 saturated heterocycles. The lowest BCUT2D eigenvalue weighted by molar-refractivity contribution is -0.123. The number of carbonyl (C=O) groups is 1. The van der Waals surface area contributed by atoms with Gasteiger partial charge in [0, 0.05) is 20.5 Å². The molecular formula is C6H12N2O. The average Bonchev–Trinajstić information content (AvgIpc) is 1.82. The van der Waals surface area contributed by atoms with Crippen molar-refractivity contribution in [3.63, 3.8) is 0 Å². The highest BCUT2D eigenvalue weighted by atomic mass is 16.2. The van der Waals surface area contributed by atoms with Crippen molar-refractivity contribution < 1.29 is 4.79 Å². The fraction of sp³-hybridized carbons (Fsp3) is 0.667. The van der Waals surface area contributed by atoms with Gasteiger partial charge in [0.2, 0.25) is 5.91 Å². The zero-order valence-electron chi connectivity index (χ0n) is 6.09. The van der Waals surface area contributed by atoms with Crippen LogP contribution in [-0.4, -0.2) is 30.7 Å². The summed E-state index contributed by atoms with van der Waals surface area (Å²) in [6.07, 6.45) is 1.53. The molecule has 0 N–H and O–H groups in total. The van der Waals surface area contributed by atoms with Crippen LogP contribution in [0.2, 0.25) is 0 Å². The summed E-state index contributed by atoms with van der Waals surface area (Å²) < 4.78 is 0. The smallest absolute Gasteiger partial charge is 0.224 e. The first-order valence-corrected chi connectivity index (χ1v) is 2.91. The minimum atomic E-state index is 0.00667. The first-order chi connectivity index (χ1) is 4.18. The van der Waals surface area contributed by atoms with Crippen LogP contribution in [0.5, 0.6) is 0 Å². The maximum absolute atomic E-state index is 10.5. The summed E-state index contributed by atoms with van der Waals surface area (Å²) in [5.41, 5.74) is 0. The van der Waals surface area contributed by atoms with Crippen molar-refractivity contribution in [3.8, 4) is 0 Å². The molecule has 52 valence electrons. The van der Waals surface area contributed by atoms with Crippen molar-refractivity contribution in [1.29, 1.82) is 0 Å². The van der Waals surface area contributed by atoms with Crippen LogP contribution in [0.3, 0.4) is 0 Å². The number of rotatable bonds is 2. The summed E-state index contributed by atoms with van der Waals surface area (Å²) in [4.78, 5) is 15.8. The molecule has 0 aliphatic carbocycles. The molecule has 0 aromatic rings. The lowest BCUT2D eigenvalue weighted by Gasteiger charge is -2.05. The monoisotopic (exact) mass is 128 g/mol. The van der Waals surface area contributed by atoms with Gasteiger partial charge in [-0.25, -0.2) is 0 Å². The van der Waals surface area contributed by atoms with E-state index in [1.807, 2.05) is 6.92 Å². The quantitative estimate of drug-likeness (QED) is 0.394. The third-order valence-electron chi connectivity index (χ3n) is 0.934. The Balaban J connectivity index is 3.62. The Bertz CT molecular complexity index is 120. The predicted octanol–water partition coefficient (Wildman–Crippen LogP) is 0.513. The molecule has 0 aliphatic heterocycles. The lowest BCUT2D eigenvalue weighted by atomic mass is 10.6. The Labute approximate surface area is 55.4 Å². The van der Waals surface area contributed by atoms with Crippen molar-refractivity contribution in [2.45, 2.75) is 13.8 Å². The molecule has 3 heteroatoms. The molecule has 0 heterocycles. The van der Waals surface area contributed by atoms with Gasteiger partial charge in [0.05, 0.1) is 6.34 Å². The zero-order chi connectivity index (χ0) is 7.28. The van der Waals surface area contributed by atoms with Gasteiger partial charge in [0.15, 0.2) is 0 Å². The lowest BCUT2D eigenvalue weighted by Crippen LogP contribution is -2.21. The van der Waals surface area contributed by atoms with Gasteiger partial charge in [0.1, 0.15) is 0 Å². The van der Waals surface area contributed by atoms with Crippen LogP contribution in [0.4, 0.5) is 0 Å². The number of amides is 1. The Morgan fingerprint density at radius 1 is 1.78 bits per heavy atom. The number of hydrogen-bond acceptors (Lipinski definition) is 2. The number of nitrogens with zero attached hydrogens (tertiary/aromatic N) is 2. The summed E-state index contributed by atoms with van der Waals surface area (Å²) in [7, 11) is 1.68. The number of carbonyl (C=O) groups excluding carboxylic acids is 1. The van der Waals surface area contributed by atoms with Gasteiger partial charge < -0.3 is 4.90 Å². The summed E-state index contributed by atoms with van der Waals surface area (Å²) in [6.45, 7) is 4.14. The highest BCUT2D eigenvalue weighted by Crippen LogP contribution is 1.76. The van der Waals surface area contributed by atoms with Crippen molar-refractivity contribution in [2.24, 2.45) is 4.99 Å². The van der Waals surface area contributed by atoms with Crippen molar-refractivity contribution in [3.05, 3.63) is 0 Å². The molecule has 0 aromatic carbocycles. The van der Waals surface area contributed by atoms with E-state index in [4.69, 9.17) is 0 Å². The maximum Gasteiger partial charge on any atom is 0.224 e. The fourth-order valence-electron chi connectivity index (χ4n) is 0.285. The molecule has 0 atom stereocenters. The predicted molar refractivity (Wildman–Crippen MR) is 37.5 cm³/mol. The van der Waals surface area contributed by atoms with Crippen molar-refractivity contribution >= 4 is 12.2 Å². The molecule has 0 radical (unpaired) electrons. The molecule has 1 amide bonds. The second-order valence-corrected chi connectivity index (χ2v) is 1.74. The SMILES string of the molecule is CCN=CN(C)C(C)=O. The summed E-state index contributed by atoms with van der Waals surface area (Å²) >= 11 is 0. The molecular weight excluding hydrogens is 116 g/mol. The van der Waals surface area contributed by atoms with Crippen LogP contribution >= 0.6 is 0 Å². The summed E-state index contributed by atoms with van der Waals surface area (Å²) in [5.74, 6) is 0.00667. The number of hydrogen-bond donors (Lipinski definition) is 0. The molecule has 0 aliphatic rings. The third kappa shape index (κ3) is 3.70. The van der Waals surface area contributed by atoms with Crippen molar-refractivity contribution in [1.82, 2.24) is 4.90 Å². The topological polar surface area (TPSA) is 32.7 Å². The molecule has 0 rings (SSSR count). The Hall–Kier alpha value is -0.860. The highest BCUT2D eigenvalue weighted by Gasteiger charge is 1.93. The molecule has 9 heavy (non-hydrogen) atoms. The second kappa shape index (κ2) is 4.06. The number of aliphatic imine (C=N–C) groups is 1. The van der Waals surface area contributed by atoms with Crippen LogP contribution in [0.25, 0.3) is 0 Å². The van der Waals surface area contributed by atoms with Gasteiger partial charge in [0.25, 0.3) is 0 Å². The zero-order valence-corrected chi connectivity index (χ0v) is 6.09. The third-order valence-corrected chi connectivity index (χ3v) is 0.934.